The summed E-state index contributed by atoms with van der Waals surface area (Å²) in [5.74, 6) is 1.04. The summed E-state index contributed by atoms with van der Waals surface area (Å²) in [6, 6.07) is 18.1. The van der Waals surface area contributed by atoms with Gasteiger partial charge in [0.05, 0.1) is 28.8 Å². The summed E-state index contributed by atoms with van der Waals surface area (Å²) in [6.45, 7) is 8.39. The fraction of sp³-hybridized carbons (Fsp3) is 0.296. The van der Waals surface area contributed by atoms with Crippen LogP contribution < -0.4 is 14.3 Å². The van der Waals surface area contributed by atoms with E-state index in [9.17, 15) is 13.2 Å². The number of hydrogen-bond acceptors (Lipinski definition) is 5. The van der Waals surface area contributed by atoms with Crippen LogP contribution in [-0.4, -0.2) is 20.1 Å². The lowest BCUT2D eigenvalue weighted by molar-refractivity contribution is 0.406. The minimum absolute atomic E-state index is 0.116. The Balaban J connectivity index is 1.64. The molecule has 0 fully saturated rings. The molecule has 184 valence electrons. The quantitative estimate of drug-likeness (QED) is 0.335. The van der Waals surface area contributed by atoms with Gasteiger partial charge in [0, 0.05) is 6.04 Å². The zero-order chi connectivity index (χ0) is 25.3. The number of sulfonamides is 1. The average Bonchev–Trinajstić information content (AvgIpc) is 3.13. The number of thiazole rings is 1. The van der Waals surface area contributed by atoms with Gasteiger partial charge in [0.1, 0.15) is 5.75 Å². The molecule has 0 radical (unpaired) electrons. The first-order chi connectivity index (χ1) is 16.6. The predicted octanol–water partition coefficient (Wildman–Crippen LogP) is 5.59. The van der Waals surface area contributed by atoms with Crippen molar-refractivity contribution in [3.05, 3.63) is 92.6 Å². The van der Waals surface area contributed by atoms with Crippen LogP contribution in [0.15, 0.2) is 70.4 Å². The topological polar surface area (TPSA) is 77.4 Å². The molecular formula is C27H30N2O4S2. The Bertz CT molecular complexity index is 1520. The number of fused-ring (bicyclic) bond motifs is 1. The minimum Gasteiger partial charge on any atom is -0.496 e. The molecule has 0 spiro atoms. The van der Waals surface area contributed by atoms with Crippen molar-refractivity contribution in [2.45, 2.75) is 51.1 Å². The normalized spacial score (nSPS) is 12.9. The van der Waals surface area contributed by atoms with E-state index in [4.69, 9.17) is 4.74 Å². The van der Waals surface area contributed by atoms with Gasteiger partial charge in [0.25, 0.3) is 0 Å². The van der Waals surface area contributed by atoms with Crippen LogP contribution in [0.25, 0.3) is 10.2 Å². The molecule has 1 N–H and O–H groups in total. The SMILES string of the molecule is COc1cc(C)c(C(C)NS(=O)(=O)c2ccc3c(c2)sc(=O)n3Cc2ccccc2)cc1C(C)C. The van der Waals surface area contributed by atoms with Crippen molar-refractivity contribution in [3.63, 3.8) is 0 Å². The highest BCUT2D eigenvalue weighted by atomic mass is 32.2. The highest BCUT2D eigenvalue weighted by molar-refractivity contribution is 7.89. The molecule has 0 bridgehead atoms. The Morgan fingerprint density at radius 2 is 1.71 bits per heavy atom. The van der Waals surface area contributed by atoms with Crippen molar-refractivity contribution >= 4 is 31.6 Å². The first-order valence-corrected chi connectivity index (χ1v) is 13.8. The van der Waals surface area contributed by atoms with E-state index < -0.39 is 16.1 Å². The number of aromatic nitrogens is 1. The summed E-state index contributed by atoms with van der Waals surface area (Å²) >= 11 is 1.06. The molecule has 1 atom stereocenters. The van der Waals surface area contributed by atoms with Gasteiger partial charge in [-0.15, -0.1) is 0 Å². The molecule has 8 heteroatoms. The second kappa shape index (κ2) is 9.97. The number of aryl methyl sites for hydroxylation is 1. The van der Waals surface area contributed by atoms with Gasteiger partial charge in [0.15, 0.2) is 0 Å². The third-order valence-corrected chi connectivity index (χ3v) is 8.65. The fourth-order valence-corrected chi connectivity index (χ4v) is 6.56. The summed E-state index contributed by atoms with van der Waals surface area (Å²) in [7, 11) is -2.17. The fourth-order valence-electron chi connectivity index (χ4n) is 4.30. The average molecular weight is 511 g/mol. The monoisotopic (exact) mass is 510 g/mol. The second-order valence-corrected chi connectivity index (χ2v) is 11.7. The number of nitrogens with one attached hydrogen (secondary N) is 1. The van der Waals surface area contributed by atoms with E-state index in [-0.39, 0.29) is 15.7 Å². The number of methoxy groups -OCH3 is 1. The third kappa shape index (κ3) is 5.19. The summed E-state index contributed by atoms with van der Waals surface area (Å²) in [6.07, 6.45) is 0. The predicted molar refractivity (Wildman–Crippen MR) is 142 cm³/mol. The molecule has 0 saturated carbocycles. The Labute approximate surface area is 210 Å². The maximum Gasteiger partial charge on any atom is 0.308 e. The van der Waals surface area contributed by atoms with Crippen LogP contribution in [0.5, 0.6) is 5.75 Å². The van der Waals surface area contributed by atoms with Crippen LogP contribution in [0.1, 0.15) is 55.0 Å². The highest BCUT2D eigenvalue weighted by Crippen LogP contribution is 2.33. The highest BCUT2D eigenvalue weighted by Gasteiger charge is 2.22. The summed E-state index contributed by atoms with van der Waals surface area (Å²) in [5, 5.41) is 0. The lowest BCUT2D eigenvalue weighted by atomic mass is 9.94. The molecule has 6 nitrogen and oxygen atoms in total. The van der Waals surface area contributed by atoms with Gasteiger partial charge >= 0.3 is 4.87 Å². The molecule has 0 aliphatic carbocycles. The number of hydrogen-bond donors (Lipinski definition) is 1. The van der Waals surface area contributed by atoms with E-state index in [2.05, 4.69) is 18.6 Å². The van der Waals surface area contributed by atoms with Crippen LogP contribution in [0.3, 0.4) is 0 Å². The first kappa shape index (κ1) is 25.2. The van der Waals surface area contributed by atoms with Crippen molar-refractivity contribution in [1.82, 2.24) is 9.29 Å². The van der Waals surface area contributed by atoms with Gasteiger partial charge < -0.3 is 4.74 Å². The lowest BCUT2D eigenvalue weighted by Gasteiger charge is -2.21. The van der Waals surface area contributed by atoms with Gasteiger partial charge in [-0.3, -0.25) is 9.36 Å². The van der Waals surface area contributed by atoms with E-state index >= 15 is 0 Å². The van der Waals surface area contributed by atoms with E-state index in [1.807, 2.05) is 56.3 Å². The zero-order valence-electron chi connectivity index (χ0n) is 20.5. The molecular weight excluding hydrogens is 480 g/mol. The standard InChI is InChI=1S/C27H30N2O4S2/c1-17(2)22-15-23(18(3)13-25(22)33-5)19(4)28-35(31,32)21-11-12-24-26(14-21)34-27(30)29(24)16-20-9-7-6-8-10-20/h6-15,17,19,28H,16H2,1-5H3. The molecule has 1 unspecified atom stereocenters. The van der Waals surface area contributed by atoms with E-state index in [1.54, 1.807) is 29.9 Å². The summed E-state index contributed by atoms with van der Waals surface area (Å²) in [5.41, 5.74) is 4.62. The van der Waals surface area contributed by atoms with Gasteiger partial charge in [0.2, 0.25) is 10.0 Å². The largest absolute Gasteiger partial charge is 0.496 e. The van der Waals surface area contributed by atoms with Crippen LogP contribution in [0, 0.1) is 6.92 Å². The number of ether oxygens (including phenoxy) is 1. The molecule has 4 rings (SSSR count). The van der Waals surface area contributed by atoms with Crippen molar-refractivity contribution in [2.75, 3.05) is 7.11 Å². The Morgan fingerprint density at radius 3 is 2.37 bits per heavy atom. The van der Waals surface area contributed by atoms with Crippen molar-refractivity contribution in [1.29, 1.82) is 0 Å². The van der Waals surface area contributed by atoms with Gasteiger partial charge in [-0.1, -0.05) is 55.5 Å². The molecule has 3 aromatic carbocycles. The molecule has 0 aliphatic heterocycles. The zero-order valence-corrected chi connectivity index (χ0v) is 22.2. The molecule has 0 aliphatic rings. The maximum atomic E-state index is 13.3. The van der Waals surface area contributed by atoms with Crippen LogP contribution >= 0.6 is 11.3 Å². The second-order valence-electron chi connectivity index (χ2n) is 9.02. The Kier molecular flexibility index (Phi) is 7.17. The maximum absolute atomic E-state index is 13.3. The van der Waals surface area contributed by atoms with Crippen molar-refractivity contribution in [3.8, 4) is 5.75 Å². The minimum atomic E-state index is -3.81. The van der Waals surface area contributed by atoms with Gasteiger partial charge in [-0.25, -0.2) is 13.1 Å². The Morgan fingerprint density at radius 1 is 1.00 bits per heavy atom. The van der Waals surface area contributed by atoms with Gasteiger partial charge in [-0.2, -0.15) is 0 Å². The third-order valence-electron chi connectivity index (χ3n) is 6.17. The van der Waals surface area contributed by atoms with E-state index in [0.29, 0.717) is 11.2 Å². The van der Waals surface area contributed by atoms with Crippen LogP contribution in [0.4, 0.5) is 0 Å². The van der Waals surface area contributed by atoms with Crippen LogP contribution in [0.2, 0.25) is 0 Å². The number of rotatable bonds is 8. The molecule has 4 aromatic rings. The van der Waals surface area contributed by atoms with Crippen molar-refractivity contribution < 1.29 is 13.2 Å². The summed E-state index contributed by atoms with van der Waals surface area (Å²) < 4.78 is 37.2. The first-order valence-electron chi connectivity index (χ1n) is 11.5. The lowest BCUT2D eigenvalue weighted by Crippen LogP contribution is -2.27. The number of nitrogens with zero attached hydrogens (tertiary/aromatic N) is 1. The van der Waals surface area contributed by atoms with Gasteiger partial charge in [-0.05, 0) is 72.4 Å². The molecule has 0 saturated heterocycles. The molecule has 1 aromatic heterocycles. The Hall–Kier alpha value is -2.94. The smallest absolute Gasteiger partial charge is 0.308 e. The van der Waals surface area contributed by atoms with E-state index in [1.165, 1.54) is 0 Å². The summed E-state index contributed by atoms with van der Waals surface area (Å²) in [4.78, 5) is 12.7. The molecule has 0 amide bonds. The number of benzene rings is 3. The van der Waals surface area contributed by atoms with Crippen LogP contribution in [-0.2, 0) is 16.6 Å². The van der Waals surface area contributed by atoms with Crippen molar-refractivity contribution in [2.24, 2.45) is 0 Å². The molecule has 35 heavy (non-hydrogen) atoms. The van der Waals surface area contributed by atoms with E-state index in [0.717, 1.165) is 44.9 Å². The molecule has 1 heterocycles.